The van der Waals surface area contributed by atoms with Gasteiger partial charge in [0.15, 0.2) is 0 Å². The maximum atomic E-state index is 2.67. The van der Waals surface area contributed by atoms with Crippen LogP contribution in [0.1, 0.15) is 47.0 Å². The smallest absolute Gasteiger partial charge is 0.0132 e. The highest BCUT2D eigenvalue weighted by atomic mass is 15.0. The third kappa shape index (κ3) is 0.744. The summed E-state index contributed by atoms with van der Waals surface area (Å²) in [5.74, 6) is 5.08. The Morgan fingerprint density at radius 1 is 1.50 bits per heavy atom. The van der Waals surface area contributed by atoms with E-state index in [1.54, 1.807) is 5.57 Å². The van der Waals surface area contributed by atoms with Crippen molar-refractivity contribution >= 4 is 0 Å². The second-order valence-electron chi connectivity index (χ2n) is 7.34. The quantitative estimate of drug-likeness (QED) is 0.618. The molecule has 0 nitrogen and oxygen atoms in total. The third-order valence-corrected chi connectivity index (χ3v) is 6.86. The zero-order chi connectivity index (χ0) is 11.3. The Morgan fingerprint density at radius 3 is 2.81 bits per heavy atom. The van der Waals surface area contributed by atoms with Crippen molar-refractivity contribution < 1.29 is 0 Å². The van der Waals surface area contributed by atoms with Gasteiger partial charge in [-0.05, 0) is 53.8 Å². The summed E-state index contributed by atoms with van der Waals surface area (Å²) in [5.41, 5.74) is 3.42. The fourth-order valence-corrected chi connectivity index (χ4v) is 6.09. The van der Waals surface area contributed by atoms with Gasteiger partial charge in [0.1, 0.15) is 0 Å². The zero-order valence-electron chi connectivity index (χ0n) is 11.1. The van der Waals surface area contributed by atoms with Crippen LogP contribution >= 0.6 is 0 Å². The first-order chi connectivity index (χ1) is 7.59. The Kier molecular flexibility index (Phi) is 1.49. The molecule has 0 aromatic rings. The fourth-order valence-electron chi connectivity index (χ4n) is 6.09. The average Bonchev–Trinajstić information content (AvgIpc) is 3.08. The molecule has 7 unspecified atom stereocenters. The van der Waals surface area contributed by atoms with Gasteiger partial charge in [0.25, 0.3) is 0 Å². The van der Waals surface area contributed by atoms with E-state index in [1.807, 2.05) is 0 Å². The zero-order valence-corrected chi connectivity index (χ0v) is 11.1. The Morgan fingerprint density at radius 2 is 2.19 bits per heavy atom. The van der Waals surface area contributed by atoms with Gasteiger partial charge in [-0.25, -0.2) is 0 Å². The molecule has 0 amide bonds. The lowest BCUT2D eigenvalue weighted by molar-refractivity contribution is 0.234. The molecule has 4 rings (SSSR count). The highest BCUT2D eigenvalue weighted by molar-refractivity contribution is 5.52. The molecule has 0 heteroatoms. The van der Waals surface area contributed by atoms with Gasteiger partial charge in [0.05, 0.1) is 0 Å². The molecule has 0 aromatic carbocycles. The SMILES string of the molecule is CCCC(C)C1C(C)=CC2CC23C2C1C23C. The van der Waals surface area contributed by atoms with E-state index in [0.717, 1.165) is 40.4 Å². The highest BCUT2D eigenvalue weighted by Crippen LogP contribution is 3.04. The number of rotatable bonds is 3. The molecule has 7 atom stereocenters. The Hall–Kier alpha value is -0.260. The summed E-state index contributed by atoms with van der Waals surface area (Å²) >= 11 is 0. The van der Waals surface area contributed by atoms with Crippen LogP contribution in [0.3, 0.4) is 0 Å². The number of fused-ring (bicyclic) bond motifs is 1. The van der Waals surface area contributed by atoms with E-state index in [2.05, 4.69) is 33.8 Å². The minimum Gasteiger partial charge on any atom is -0.0816 e. The molecule has 3 saturated carbocycles. The summed E-state index contributed by atoms with van der Waals surface area (Å²) < 4.78 is 0. The number of hydrogen-bond acceptors (Lipinski definition) is 0. The molecule has 4 aliphatic rings. The van der Waals surface area contributed by atoms with Crippen molar-refractivity contribution in [3.05, 3.63) is 11.6 Å². The fraction of sp³-hybridized carbons (Fsp3) is 0.875. The molecule has 16 heavy (non-hydrogen) atoms. The van der Waals surface area contributed by atoms with Crippen molar-refractivity contribution in [2.75, 3.05) is 0 Å². The van der Waals surface area contributed by atoms with Gasteiger partial charge in [-0.3, -0.25) is 0 Å². The normalized spacial score (nSPS) is 61.4. The van der Waals surface area contributed by atoms with Crippen LogP contribution < -0.4 is 0 Å². The van der Waals surface area contributed by atoms with E-state index in [1.165, 1.54) is 19.3 Å². The van der Waals surface area contributed by atoms with E-state index >= 15 is 0 Å². The van der Waals surface area contributed by atoms with Gasteiger partial charge in [-0.1, -0.05) is 45.3 Å². The molecule has 0 aromatic heterocycles. The van der Waals surface area contributed by atoms with E-state index in [4.69, 9.17) is 0 Å². The van der Waals surface area contributed by atoms with Gasteiger partial charge in [0, 0.05) is 0 Å². The molecule has 0 saturated heterocycles. The summed E-state index contributed by atoms with van der Waals surface area (Å²) in [4.78, 5) is 0. The van der Waals surface area contributed by atoms with Gasteiger partial charge in [-0.2, -0.15) is 0 Å². The van der Waals surface area contributed by atoms with Crippen molar-refractivity contribution in [3.8, 4) is 0 Å². The maximum absolute atomic E-state index is 2.67. The highest BCUT2D eigenvalue weighted by Gasteiger charge is 3.00. The molecule has 1 spiro atoms. The molecule has 0 N–H and O–H groups in total. The van der Waals surface area contributed by atoms with E-state index in [0.29, 0.717) is 0 Å². The lowest BCUT2D eigenvalue weighted by atomic mass is 9.75. The lowest BCUT2D eigenvalue weighted by Gasteiger charge is -2.29. The lowest BCUT2D eigenvalue weighted by Crippen LogP contribution is -2.23. The van der Waals surface area contributed by atoms with E-state index < -0.39 is 0 Å². The van der Waals surface area contributed by atoms with Crippen LogP contribution in [0.25, 0.3) is 0 Å². The maximum Gasteiger partial charge on any atom is -0.0132 e. The molecule has 88 valence electrons. The second-order valence-corrected chi connectivity index (χ2v) is 7.34. The largest absolute Gasteiger partial charge is 0.0816 e. The predicted molar refractivity (Wildman–Crippen MR) is 66.9 cm³/mol. The molecule has 0 bridgehead atoms. The Bertz CT molecular complexity index is 393. The molecule has 0 heterocycles. The van der Waals surface area contributed by atoms with E-state index in [9.17, 15) is 0 Å². The summed E-state index contributed by atoms with van der Waals surface area (Å²) in [6.45, 7) is 9.85. The minimum absolute atomic E-state index is 0.804. The first-order valence-electron chi connectivity index (χ1n) is 7.27. The van der Waals surface area contributed by atoms with Crippen molar-refractivity contribution in [1.29, 1.82) is 0 Å². The van der Waals surface area contributed by atoms with Crippen molar-refractivity contribution in [2.24, 2.45) is 40.4 Å². The van der Waals surface area contributed by atoms with Crippen LogP contribution in [-0.2, 0) is 0 Å². The summed E-state index contributed by atoms with van der Waals surface area (Å²) in [6, 6.07) is 0. The van der Waals surface area contributed by atoms with Crippen LogP contribution in [-0.4, -0.2) is 0 Å². The van der Waals surface area contributed by atoms with Gasteiger partial charge < -0.3 is 0 Å². The average molecular weight is 216 g/mol. The number of allylic oxidation sites excluding steroid dienone is 2. The monoisotopic (exact) mass is 216 g/mol. The Balaban J connectivity index is 1.65. The van der Waals surface area contributed by atoms with Crippen LogP contribution in [0.5, 0.6) is 0 Å². The standard InChI is InChI=1S/C16H24/c1-5-6-9(2)12-10(3)7-11-8-16(11)14-13(12)15(14,16)4/h7,9,11-14H,5-6,8H2,1-4H3. The molecule has 4 aliphatic carbocycles. The molecule has 0 aliphatic heterocycles. The van der Waals surface area contributed by atoms with Gasteiger partial charge >= 0.3 is 0 Å². The second kappa shape index (κ2) is 2.44. The molecular formula is C16H24. The van der Waals surface area contributed by atoms with Crippen molar-refractivity contribution in [3.63, 3.8) is 0 Å². The van der Waals surface area contributed by atoms with Crippen LogP contribution in [0, 0.1) is 40.4 Å². The predicted octanol–water partition coefficient (Wildman–Crippen LogP) is 4.27. The third-order valence-electron chi connectivity index (χ3n) is 6.86. The molecule has 3 fully saturated rings. The summed E-state index contributed by atoms with van der Waals surface area (Å²) in [7, 11) is 0. The van der Waals surface area contributed by atoms with Gasteiger partial charge in [-0.15, -0.1) is 0 Å². The van der Waals surface area contributed by atoms with Crippen molar-refractivity contribution in [1.82, 2.24) is 0 Å². The molecule has 0 radical (unpaired) electrons. The topological polar surface area (TPSA) is 0 Å². The van der Waals surface area contributed by atoms with Crippen molar-refractivity contribution in [2.45, 2.75) is 47.0 Å². The van der Waals surface area contributed by atoms with E-state index in [-0.39, 0.29) is 0 Å². The first kappa shape index (κ1) is 9.74. The number of hydrogen-bond donors (Lipinski definition) is 0. The molecular weight excluding hydrogens is 192 g/mol. The first-order valence-corrected chi connectivity index (χ1v) is 7.27. The van der Waals surface area contributed by atoms with Crippen LogP contribution in [0.15, 0.2) is 11.6 Å². The van der Waals surface area contributed by atoms with Crippen LogP contribution in [0.2, 0.25) is 0 Å². The van der Waals surface area contributed by atoms with Gasteiger partial charge in [0.2, 0.25) is 0 Å². The summed E-state index contributed by atoms with van der Waals surface area (Å²) in [5, 5.41) is 0. The van der Waals surface area contributed by atoms with Crippen LogP contribution in [0.4, 0.5) is 0 Å². The summed E-state index contributed by atoms with van der Waals surface area (Å²) in [6.07, 6.45) is 6.99. The minimum atomic E-state index is 0.804. The Labute approximate surface area is 99.5 Å².